The number of hydrogen-bond acceptors (Lipinski definition) is 4. The minimum absolute atomic E-state index is 0.102. The summed E-state index contributed by atoms with van der Waals surface area (Å²) in [6, 6.07) is 5.31. The van der Waals surface area contributed by atoms with Crippen molar-refractivity contribution in [2.45, 2.75) is 6.92 Å². The van der Waals surface area contributed by atoms with Gasteiger partial charge in [-0.25, -0.2) is 0 Å². The average Bonchev–Trinajstić information content (AvgIpc) is 2.38. The van der Waals surface area contributed by atoms with Gasteiger partial charge in [0.25, 0.3) is 0 Å². The monoisotopic (exact) mass is 260 g/mol. The van der Waals surface area contributed by atoms with Gasteiger partial charge in [0.1, 0.15) is 6.61 Å². The van der Waals surface area contributed by atoms with Crippen LogP contribution in [0.25, 0.3) is 0 Å². The second kappa shape index (κ2) is 7.61. The second-order valence-corrected chi connectivity index (χ2v) is 3.40. The first-order valence-electron chi connectivity index (χ1n) is 5.62. The molecule has 0 aliphatic carbocycles. The molecule has 19 heavy (non-hydrogen) atoms. The van der Waals surface area contributed by atoms with Gasteiger partial charge in [0.15, 0.2) is 11.5 Å². The van der Waals surface area contributed by atoms with Crippen LogP contribution in [0.15, 0.2) is 28.4 Å². The molecule has 0 unspecified atom stereocenters. The van der Waals surface area contributed by atoms with Crippen LogP contribution in [-0.2, 0) is 0 Å². The molecule has 0 spiro atoms. The molecule has 100 valence electrons. The summed E-state index contributed by atoms with van der Waals surface area (Å²) < 4.78 is 10.8. The summed E-state index contributed by atoms with van der Waals surface area (Å²) in [5.74, 6) is 3.47. The van der Waals surface area contributed by atoms with Gasteiger partial charge in [0, 0.05) is 0 Å². The Bertz CT molecular complexity index is 514. The standard InChI is InChI=1S/C13H16N4O2/c1-3-7-19-11-6-5-10(8-12(11)18-4-2)9-16-17-13(14)15/h1,5-6,8-9H,4,7H2,2H3,(H4,14,15,17)/b16-9+. The number of rotatable bonds is 6. The zero-order valence-corrected chi connectivity index (χ0v) is 10.7. The minimum atomic E-state index is -0.102. The molecule has 0 saturated heterocycles. The zero-order chi connectivity index (χ0) is 14.1. The van der Waals surface area contributed by atoms with Crippen molar-refractivity contribution in [2.24, 2.45) is 21.7 Å². The molecule has 0 bridgehead atoms. The van der Waals surface area contributed by atoms with E-state index in [2.05, 4.69) is 16.1 Å². The highest BCUT2D eigenvalue weighted by atomic mass is 16.5. The van der Waals surface area contributed by atoms with Crippen LogP contribution in [0, 0.1) is 12.3 Å². The molecule has 0 aliphatic heterocycles. The highest BCUT2D eigenvalue weighted by molar-refractivity contribution is 5.82. The Balaban J connectivity index is 2.92. The van der Waals surface area contributed by atoms with Gasteiger partial charge in [-0.1, -0.05) is 5.92 Å². The van der Waals surface area contributed by atoms with E-state index >= 15 is 0 Å². The SMILES string of the molecule is C#CCOc1ccc(/C=N/N=C(N)N)cc1OCC. The Morgan fingerprint density at radius 3 is 2.79 bits per heavy atom. The third-order valence-corrected chi connectivity index (χ3v) is 1.96. The Labute approximate surface area is 112 Å². The van der Waals surface area contributed by atoms with Crippen molar-refractivity contribution in [3.05, 3.63) is 23.8 Å². The molecule has 0 saturated carbocycles. The molecular formula is C13H16N4O2. The van der Waals surface area contributed by atoms with Crippen molar-refractivity contribution in [1.29, 1.82) is 0 Å². The molecule has 0 atom stereocenters. The van der Waals surface area contributed by atoms with E-state index in [-0.39, 0.29) is 12.6 Å². The first-order chi connectivity index (χ1) is 9.17. The number of hydrogen-bond donors (Lipinski definition) is 2. The molecule has 1 rings (SSSR count). The molecule has 6 nitrogen and oxygen atoms in total. The highest BCUT2D eigenvalue weighted by Crippen LogP contribution is 2.27. The fraction of sp³-hybridized carbons (Fsp3) is 0.231. The van der Waals surface area contributed by atoms with Gasteiger partial charge >= 0.3 is 0 Å². The van der Waals surface area contributed by atoms with Crippen molar-refractivity contribution in [3.63, 3.8) is 0 Å². The van der Waals surface area contributed by atoms with Crippen molar-refractivity contribution < 1.29 is 9.47 Å². The van der Waals surface area contributed by atoms with E-state index in [1.807, 2.05) is 6.92 Å². The van der Waals surface area contributed by atoms with Crippen LogP contribution in [0.1, 0.15) is 12.5 Å². The number of benzene rings is 1. The number of guanidine groups is 1. The summed E-state index contributed by atoms with van der Waals surface area (Å²) in [7, 11) is 0. The van der Waals surface area contributed by atoms with E-state index in [1.165, 1.54) is 6.21 Å². The van der Waals surface area contributed by atoms with Gasteiger partial charge < -0.3 is 20.9 Å². The highest BCUT2D eigenvalue weighted by Gasteiger charge is 2.05. The van der Waals surface area contributed by atoms with Gasteiger partial charge in [-0.3, -0.25) is 0 Å². The van der Waals surface area contributed by atoms with Crippen molar-refractivity contribution in [1.82, 2.24) is 0 Å². The second-order valence-electron chi connectivity index (χ2n) is 3.40. The van der Waals surface area contributed by atoms with Crippen LogP contribution in [0.2, 0.25) is 0 Å². The first kappa shape index (κ1) is 14.4. The fourth-order valence-corrected chi connectivity index (χ4v) is 1.27. The maximum absolute atomic E-state index is 5.46. The lowest BCUT2D eigenvalue weighted by Gasteiger charge is -2.10. The molecule has 0 amide bonds. The molecule has 0 heterocycles. The summed E-state index contributed by atoms with van der Waals surface area (Å²) >= 11 is 0. The van der Waals surface area contributed by atoms with E-state index in [1.54, 1.807) is 18.2 Å². The minimum Gasteiger partial charge on any atom is -0.490 e. The van der Waals surface area contributed by atoms with Crippen LogP contribution in [0.5, 0.6) is 11.5 Å². The molecule has 0 aliphatic rings. The fourth-order valence-electron chi connectivity index (χ4n) is 1.27. The number of terminal acetylenes is 1. The van der Waals surface area contributed by atoms with Crippen molar-refractivity contribution in [3.8, 4) is 23.8 Å². The topological polar surface area (TPSA) is 95.2 Å². The number of nitrogens with two attached hydrogens (primary N) is 2. The van der Waals surface area contributed by atoms with Crippen LogP contribution < -0.4 is 20.9 Å². The van der Waals surface area contributed by atoms with E-state index < -0.39 is 0 Å². The van der Waals surface area contributed by atoms with Crippen molar-refractivity contribution in [2.75, 3.05) is 13.2 Å². The van der Waals surface area contributed by atoms with E-state index in [0.717, 1.165) is 5.56 Å². The normalized spacial score (nSPS) is 9.89. The van der Waals surface area contributed by atoms with Crippen LogP contribution in [0.3, 0.4) is 0 Å². The Morgan fingerprint density at radius 2 is 2.16 bits per heavy atom. The van der Waals surface area contributed by atoms with Crippen molar-refractivity contribution >= 4 is 12.2 Å². The summed E-state index contributed by atoms with van der Waals surface area (Å²) in [6.45, 7) is 2.58. The summed E-state index contributed by atoms with van der Waals surface area (Å²) in [4.78, 5) is 0. The zero-order valence-electron chi connectivity index (χ0n) is 10.7. The smallest absolute Gasteiger partial charge is 0.211 e. The number of nitrogens with zero attached hydrogens (tertiary/aromatic N) is 2. The summed E-state index contributed by atoms with van der Waals surface area (Å²) in [5.41, 5.74) is 11.1. The molecule has 6 heteroatoms. The van der Waals surface area contributed by atoms with Gasteiger partial charge in [0.05, 0.1) is 12.8 Å². The van der Waals surface area contributed by atoms with E-state index in [0.29, 0.717) is 18.1 Å². The summed E-state index contributed by atoms with van der Waals surface area (Å²) in [6.07, 6.45) is 6.66. The maximum atomic E-state index is 5.46. The Hall–Kier alpha value is -2.68. The Morgan fingerprint density at radius 1 is 1.37 bits per heavy atom. The molecule has 0 radical (unpaired) electrons. The predicted molar refractivity (Wildman–Crippen MR) is 75.3 cm³/mol. The molecular weight excluding hydrogens is 244 g/mol. The molecule has 1 aromatic rings. The Kier molecular flexibility index (Phi) is 5.76. The van der Waals surface area contributed by atoms with E-state index in [9.17, 15) is 0 Å². The maximum Gasteiger partial charge on any atom is 0.211 e. The lowest BCUT2D eigenvalue weighted by Crippen LogP contribution is -2.21. The largest absolute Gasteiger partial charge is 0.490 e. The van der Waals surface area contributed by atoms with Crippen LogP contribution in [-0.4, -0.2) is 25.4 Å². The molecule has 4 N–H and O–H groups in total. The third-order valence-electron chi connectivity index (χ3n) is 1.96. The van der Waals surface area contributed by atoms with Gasteiger partial charge in [-0.15, -0.1) is 11.5 Å². The predicted octanol–water partition coefficient (Wildman–Crippen LogP) is 0.705. The van der Waals surface area contributed by atoms with Gasteiger partial charge in [-0.2, -0.15) is 5.10 Å². The lowest BCUT2D eigenvalue weighted by atomic mass is 10.2. The van der Waals surface area contributed by atoms with E-state index in [4.69, 9.17) is 27.4 Å². The first-order valence-corrected chi connectivity index (χ1v) is 5.62. The van der Waals surface area contributed by atoms with Crippen LogP contribution in [0.4, 0.5) is 0 Å². The number of ether oxygens (including phenoxy) is 2. The lowest BCUT2D eigenvalue weighted by molar-refractivity contribution is 0.299. The molecule has 0 fully saturated rings. The summed E-state index contributed by atoms with van der Waals surface area (Å²) in [5, 5.41) is 7.23. The van der Waals surface area contributed by atoms with Gasteiger partial charge in [-0.05, 0) is 30.7 Å². The van der Waals surface area contributed by atoms with Gasteiger partial charge in [0.2, 0.25) is 5.96 Å². The molecule has 0 aromatic heterocycles. The third kappa shape index (κ3) is 5.00. The molecule has 1 aromatic carbocycles. The quantitative estimate of drug-likeness (QED) is 0.341. The van der Waals surface area contributed by atoms with Crippen LogP contribution >= 0.6 is 0 Å². The average molecular weight is 260 g/mol.